The van der Waals surface area contributed by atoms with Crippen molar-refractivity contribution < 1.29 is 14.1 Å². The van der Waals surface area contributed by atoms with Gasteiger partial charge in [-0.25, -0.2) is 9.18 Å². The monoisotopic (exact) mass is 417 g/mol. The van der Waals surface area contributed by atoms with Gasteiger partial charge in [-0.15, -0.1) is 0 Å². The van der Waals surface area contributed by atoms with Gasteiger partial charge in [0, 0.05) is 11.1 Å². The summed E-state index contributed by atoms with van der Waals surface area (Å²) in [6.07, 6.45) is 2.64. The highest BCUT2D eigenvalue weighted by molar-refractivity contribution is 6.31. The molecule has 0 fully saturated rings. The van der Waals surface area contributed by atoms with Crippen LogP contribution in [-0.4, -0.2) is 14.9 Å². The summed E-state index contributed by atoms with van der Waals surface area (Å²) in [4.78, 5) is 37.4. The van der Waals surface area contributed by atoms with Crippen LogP contribution in [-0.2, 0) is 6.61 Å². The molecule has 0 aliphatic heterocycles. The number of benzene rings is 2. The average molecular weight is 418 g/mol. The molecule has 10 heteroatoms. The van der Waals surface area contributed by atoms with Crippen LogP contribution < -0.4 is 16.0 Å². The zero-order valence-electron chi connectivity index (χ0n) is 14.6. The lowest BCUT2D eigenvalue weighted by atomic mass is 10.1. The van der Waals surface area contributed by atoms with Crippen molar-refractivity contribution >= 4 is 29.4 Å². The zero-order valence-corrected chi connectivity index (χ0v) is 15.4. The molecule has 0 atom stereocenters. The van der Waals surface area contributed by atoms with Crippen LogP contribution in [0.25, 0.3) is 12.2 Å². The molecule has 8 nitrogen and oxygen atoms in total. The predicted octanol–water partition coefficient (Wildman–Crippen LogP) is 3.51. The number of aromatic nitrogens is 2. The summed E-state index contributed by atoms with van der Waals surface area (Å²) in [6.45, 7) is -0.141. The lowest BCUT2D eigenvalue weighted by Crippen LogP contribution is -2.25. The Bertz CT molecular complexity index is 1200. The number of nitrogens with zero attached hydrogens (tertiary/aromatic N) is 1. The van der Waals surface area contributed by atoms with Crippen LogP contribution in [0.4, 0.5) is 10.1 Å². The van der Waals surface area contributed by atoms with E-state index in [0.717, 1.165) is 0 Å². The molecule has 0 saturated carbocycles. The van der Waals surface area contributed by atoms with E-state index in [0.29, 0.717) is 11.3 Å². The normalized spacial score (nSPS) is 11.0. The molecule has 3 rings (SSSR count). The Kier molecular flexibility index (Phi) is 5.89. The molecule has 0 unspecified atom stereocenters. The van der Waals surface area contributed by atoms with E-state index in [2.05, 4.69) is 4.98 Å². The minimum atomic E-state index is -1.11. The summed E-state index contributed by atoms with van der Waals surface area (Å²) in [7, 11) is 0. The van der Waals surface area contributed by atoms with Gasteiger partial charge in [0.2, 0.25) is 0 Å². The van der Waals surface area contributed by atoms with Gasteiger partial charge in [0.15, 0.2) is 0 Å². The van der Waals surface area contributed by atoms with Crippen LogP contribution in [0, 0.1) is 15.9 Å². The van der Waals surface area contributed by atoms with Gasteiger partial charge < -0.3 is 9.72 Å². The molecule has 29 heavy (non-hydrogen) atoms. The molecule has 0 radical (unpaired) electrons. The Morgan fingerprint density at radius 1 is 1.10 bits per heavy atom. The first-order chi connectivity index (χ1) is 13.9. The topological polar surface area (TPSA) is 118 Å². The van der Waals surface area contributed by atoms with Crippen molar-refractivity contribution in [2.75, 3.05) is 0 Å². The van der Waals surface area contributed by atoms with Gasteiger partial charge in [-0.05, 0) is 30.4 Å². The van der Waals surface area contributed by atoms with Gasteiger partial charge in [0.1, 0.15) is 23.9 Å². The number of para-hydroxylation sites is 1. The van der Waals surface area contributed by atoms with Crippen molar-refractivity contribution in [2.45, 2.75) is 6.61 Å². The Morgan fingerprint density at radius 3 is 2.59 bits per heavy atom. The van der Waals surface area contributed by atoms with Gasteiger partial charge in [0.05, 0.1) is 9.95 Å². The maximum absolute atomic E-state index is 13.9. The first-order valence-corrected chi connectivity index (χ1v) is 8.58. The highest BCUT2D eigenvalue weighted by atomic mass is 35.5. The van der Waals surface area contributed by atoms with E-state index >= 15 is 0 Å². The van der Waals surface area contributed by atoms with Crippen LogP contribution in [0.5, 0.6) is 5.75 Å². The molecule has 0 bridgehead atoms. The second-order valence-electron chi connectivity index (χ2n) is 5.79. The van der Waals surface area contributed by atoms with Crippen LogP contribution in [0.2, 0.25) is 5.02 Å². The van der Waals surface area contributed by atoms with Gasteiger partial charge in [-0.1, -0.05) is 35.9 Å². The number of nitrogens with one attached hydrogen (secondary N) is 2. The predicted molar refractivity (Wildman–Crippen MR) is 105 cm³/mol. The summed E-state index contributed by atoms with van der Waals surface area (Å²) >= 11 is 5.99. The number of halogens is 2. The Labute approximate surface area is 167 Å². The summed E-state index contributed by atoms with van der Waals surface area (Å²) in [6, 6.07) is 10.9. The van der Waals surface area contributed by atoms with E-state index in [9.17, 15) is 24.1 Å². The van der Waals surface area contributed by atoms with Crippen molar-refractivity contribution in [3.8, 4) is 5.75 Å². The third-order valence-electron chi connectivity index (χ3n) is 3.91. The van der Waals surface area contributed by atoms with Crippen LogP contribution >= 0.6 is 11.6 Å². The number of ether oxygens (including phenoxy) is 1. The first kappa shape index (κ1) is 20.0. The van der Waals surface area contributed by atoms with E-state index in [1.165, 1.54) is 30.4 Å². The third-order valence-corrected chi connectivity index (χ3v) is 4.26. The number of hydrogen-bond acceptors (Lipinski definition) is 5. The molecule has 2 N–H and O–H groups in total. The number of hydrogen-bond donors (Lipinski definition) is 2. The summed E-state index contributed by atoms with van der Waals surface area (Å²) < 4.78 is 19.6. The largest absolute Gasteiger partial charge is 0.488 e. The molecule has 1 aromatic heterocycles. The minimum absolute atomic E-state index is 0.141. The minimum Gasteiger partial charge on any atom is -0.488 e. The van der Waals surface area contributed by atoms with Gasteiger partial charge in [-0.3, -0.25) is 19.9 Å². The fraction of sp³-hybridized carbons (Fsp3) is 0.0526. The SMILES string of the molecule is O=c1[nH]c(/C=C/c2ccccc2OCc2c(F)cccc2Cl)c([N+](=O)[O-])c(=O)[nH]1. The molecule has 148 valence electrons. The maximum Gasteiger partial charge on any atom is 0.357 e. The average Bonchev–Trinajstić information content (AvgIpc) is 2.66. The van der Waals surface area contributed by atoms with E-state index in [1.54, 1.807) is 29.2 Å². The zero-order chi connectivity index (χ0) is 21.0. The molecule has 0 amide bonds. The van der Waals surface area contributed by atoms with Gasteiger partial charge >= 0.3 is 16.9 Å². The van der Waals surface area contributed by atoms with Crippen molar-refractivity contribution in [3.63, 3.8) is 0 Å². The number of nitro groups is 1. The lowest BCUT2D eigenvalue weighted by Gasteiger charge is -2.11. The van der Waals surface area contributed by atoms with Crippen molar-refractivity contribution in [2.24, 2.45) is 0 Å². The summed E-state index contributed by atoms with van der Waals surface area (Å²) in [5, 5.41) is 11.3. The van der Waals surface area contributed by atoms with Crippen molar-refractivity contribution in [1.29, 1.82) is 0 Å². The molecule has 0 aliphatic carbocycles. The Hall–Kier alpha value is -3.72. The van der Waals surface area contributed by atoms with Crippen LogP contribution in [0.15, 0.2) is 52.1 Å². The molecule has 2 aromatic carbocycles. The van der Waals surface area contributed by atoms with E-state index in [1.807, 2.05) is 0 Å². The standard InChI is InChI=1S/C19H13ClFN3O5/c20-13-5-3-6-14(21)12(13)10-29-16-7-2-1-4-11(16)8-9-15-17(24(27)28)18(25)23-19(26)22-15/h1-9H,10H2,(H2,22,23,25,26)/b9-8+. The quantitative estimate of drug-likeness (QED) is 0.470. The van der Waals surface area contributed by atoms with Gasteiger partial charge in [-0.2, -0.15) is 0 Å². The fourth-order valence-corrected chi connectivity index (χ4v) is 2.76. The molecule has 0 saturated heterocycles. The third kappa shape index (κ3) is 4.58. The van der Waals surface area contributed by atoms with E-state index in [4.69, 9.17) is 16.3 Å². The molecule has 1 heterocycles. The van der Waals surface area contributed by atoms with Crippen LogP contribution in [0.1, 0.15) is 16.8 Å². The van der Waals surface area contributed by atoms with E-state index in [-0.39, 0.29) is 22.9 Å². The first-order valence-electron chi connectivity index (χ1n) is 8.20. The van der Waals surface area contributed by atoms with E-state index < -0.39 is 27.7 Å². The molecule has 0 spiro atoms. The maximum atomic E-state index is 13.9. The van der Waals surface area contributed by atoms with Gasteiger partial charge in [0.25, 0.3) is 0 Å². The van der Waals surface area contributed by atoms with Crippen molar-refractivity contribution in [3.05, 3.63) is 101 Å². The Morgan fingerprint density at radius 2 is 1.86 bits per heavy atom. The van der Waals surface area contributed by atoms with Crippen LogP contribution in [0.3, 0.4) is 0 Å². The molecular weight excluding hydrogens is 405 g/mol. The molecule has 3 aromatic rings. The number of rotatable bonds is 6. The lowest BCUT2D eigenvalue weighted by molar-refractivity contribution is -0.386. The molecule has 0 aliphatic rings. The number of aromatic amines is 2. The number of H-pyrrole nitrogens is 2. The smallest absolute Gasteiger partial charge is 0.357 e. The fourth-order valence-electron chi connectivity index (χ4n) is 2.54. The Balaban J connectivity index is 1.92. The summed E-state index contributed by atoms with van der Waals surface area (Å²) in [5.41, 5.74) is -2.39. The second kappa shape index (κ2) is 8.53. The molecular formula is C19H13ClFN3O5. The second-order valence-corrected chi connectivity index (χ2v) is 6.19. The highest BCUT2D eigenvalue weighted by Gasteiger charge is 2.19. The van der Waals surface area contributed by atoms with Crippen molar-refractivity contribution in [1.82, 2.24) is 9.97 Å². The summed E-state index contributed by atoms with van der Waals surface area (Å²) in [5.74, 6) is -0.167. The highest BCUT2D eigenvalue weighted by Crippen LogP contribution is 2.25.